The maximum Gasteiger partial charge on any atom is 0.573 e. The Morgan fingerprint density at radius 2 is 2.11 bits per heavy atom. The molecule has 3 N–H and O–H groups in total. The number of alkyl halides is 3. The Balaban J connectivity index is 2.41. The van der Waals surface area contributed by atoms with Crippen molar-refractivity contribution in [3.63, 3.8) is 0 Å². The monoisotopic (exact) mass is 275 g/mol. The molecule has 2 atom stereocenters. The molecule has 0 amide bonds. The van der Waals surface area contributed by atoms with E-state index in [0.29, 0.717) is 6.42 Å². The first-order chi connectivity index (χ1) is 8.67. The van der Waals surface area contributed by atoms with Crippen LogP contribution in [0.1, 0.15) is 18.9 Å². The number of hydrogen-bond donors (Lipinski definition) is 2. The van der Waals surface area contributed by atoms with E-state index in [0.717, 1.165) is 12.1 Å². The average Bonchev–Trinajstić information content (AvgIpc) is 2.92. The SMILES string of the molecule is CC1CC1(C(=O)O)c1cc(OC(F)(F)F)ccc1N. The van der Waals surface area contributed by atoms with Crippen LogP contribution in [-0.4, -0.2) is 17.4 Å². The third kappa shape index (κ3) is 2.32. The van der Waals surface area contributed by atoms with E-state index in [1.807, 2.05) is 0 Å². The molecule has 1 saturated carbocycles. The minimum atomic E-state index is -4.82. The first-order valence-corrected chi connectivity index (χ1v) is 5.56. The molecule has 0 heterocycles. The van der Waals surface area contributed by atoms with Gasteiger partial charge in [0.15, 0.2) is 0 Å². The van der Waals surface area contributed by atoms with Gasteiger partial charge in [0.25, 0.3) is 0 Å². The van der Waals surface area contributed by atoms with Crippen LogP contribution in [-0.2, 0) is 10.2 Å². The number of benzene rings is 1. The van der Waals surface area contributed by atoms with Gasteiger partial charge in [-0.3, -0.25) is 4.79 Å². The van der Waals surface area contributed by atoms with Crippen LogP contribution in [0.15, 0.2) is 18.2 Å². The average molecular weight is 275 g/mol. The second-order valence-corrected chi connectivity index (χ2v) is 4.68. The van der Waals surface area contributed by atoms with Crippen LogP contribution in [0.25, 0.3) is 0 Å². The van der Waals surface area contributed by atoms with Gasteiger partial charge in [0.05, 0.1) is 5.41 Å². The molecule has 1 aromatic rings. The Bertz CT molecular complexity index is 529. The number of halogens is 3. The van der Waals surface area contributed by atoms with E-state index in [1.54, 1.807) is 6.92 Å². The number of carboxylic acid groups (broad SMARTS) is 1. The number of ether oxygens (including phenoxy) is 1. The number of rotatable bonds is 3. The molecule has 104 valence electrons. The number of carboxylic acids is 1. The molecule has 0 aromatic heterocycles. The van der Waals surface area contributed by atoms with Gasteiger partial charge in [-0.15, -0.1) is 13.2 Å². The summed E-state index contributed by atoms with van der Waals surface area (Å²) in [6.45, 7) is 1.71. The summed E-state index contributed by atoms with van der Waals surface area (Å²) in [6, 6.07) is 3.35. The van der Waals surface area contributed by atoms with Gasteiger partial charge in [-0.05, 0) is 36.1 Å². The van der Waals surface area contributed by atoms with Crippen molar-refractivity contribution in [2.75, 3.05) is 5.73 Å². The molecule has 7 heteroatoms. The number of nitrogens with two attached hydrogens (primary N) is 1. The number of hydrogen-bond acceptors (Lipinski definition) is 3. The van der Waals surface area contributed by atoms with E-state index in [1.165, 1.54) is 6.07 Å². The molecule has 1 aliphatic rings. The second-order valence-electron chi connectivity index (χ2n) is 4.68. The van der Waals surface area contributed by atoms with E-state index in [9.17, 15) is 23.1 Å². The summed E-state index contributed by atoms with van der Waals surface area (Å²) in [7, 11) is 0. The lowest BCUT2D eigenvalue weighted by Crippen LogP contribution is -2.24. The maximum absolute atomic E-state index is 12.2. The first-order valence-electron chi connectivity index (χ1n) is 5.56. The number of anilines is 1. The number of carbonyl (C=O) groups is 1. The Morgan fingerprint density at radius 1 is 1.53 bits per heavy atom. The lowest BCUT2D eigenvalue weighted by molar-refractivity contribution is -0.274. The van der Waals surface area contributed by atoms with E-state index in [2.05, 4.69) is 4.74 Å². The summed E-state index contributed by atoms with van der Waals surface area (Å²) in [5.74, 6) is -1.72. The third-order valence-electron chi connectivity index (χ3n) is 3.43. The molecule has 0 aliphatic heterocycles. The van der Waals surface area contributed by atoms with Crippen LogP contribution in [0, 0.1) is 5.92 Å². The lowest BCUT2D eigenvalue weighted by atomic mass is 9.92. The van der Waals surface area contributed by atoms with Crippen LogP contribution in [0.2, 0.25) is 0 Å². The summed E-state index contributed by atoms with van der Waals surface area (Å²) in [5, 5.41) is 9.26. The topological polar surface area (TPSA) is 72.5 Å². The van der Waals surface area contributed by atoms with E-state index in [4.69, 9.17) is 5.73 Å². The number of aliphatic carboxylic acids is 1. The highest BCUT2D eigenvalue weighted by Gasteiger charge is 2.60. The van der Waals surface area contributed by atoms with Crippen molar-refractivity contribution in [3.8, 4) is 5.75 Å². The van der Waals surface area contributed by atoms with Crippen molar-refractivity contribution in [2.24, 2.45) is 5.92 Å². The zero-order chi connectivity index (χ0) is 14.4. The van der Waals surface area contributed by atoms with Crippen LogP contribution in [0.5, 0.6) is 5.75 Å². The van der Waals surface area contributed by atoms with Gasteiger partial charge in [-0.25, -0.2) is 0 Å². The van der Waals surface area contributed by atoms with Crippen molar-refractivity contribution in [3.05, 3.63) is 23.8 Å². The van der Waals surface area contributed by atoms with E-state index >= 15 is 0 Å². The normalized spacial score (nSPS) is 26.0. The predicted molar refractivity (Wildman–Crippen MR) is 60.6 cm³/mol. The molecular formula is C12H12F3NO3. The lowest BCUT2D eigenvalue weighted by Gasteiger charge is -2.17. The highest BCUT2D eigenvalue weighted by Crippen LogP contribution is 2.56. The second kappa shape index (κ2) is 4.04. The van der Waals surface area contributed by atoms with Crippen LogP contribution >= 0.6 is 0 Å². The molecule has 0 radical (unpaired) electrons. The maximum atomic E-state index is 12.2. The first kappa shape index (κ1) is 13.5. The van der Waals surface area contributed by atoms with Crippen LogP contribution < -0.4 is 10.5 Å². The van der Waals surface area contributed by atoms with Gasteiger partial charge in [0.1, 0.15) is 5.75 Å². The van der Waals surface area contributed by atoms with Gasteiger partial charge in [0, 0.05) is 5.69 Å². The van der Waals surface area contributed by atoms with Crippen LogP contribution in [0.3, 0.4) is 0 Å². The molecule has 2 rings (SSSR count). The minimum absolute atomic E-state index is 0.154. The molecule has 0 spiro atoms. The van der Waals surface area contributed by atoms with E-state index in [-0.39, 0.29) is 17.2 Å². The molecule has 0 saturated heterocycles. The van der Waals surface area contributed by atoms with Crippen molar-refractivity contribution in [1.29, 1.82) is 0 Å². The summed E-state index contributed by atoms with van der Waals surface area (Å²) in [5.41, 5.74) is 4.81. The van der Waals surface area contributed by atoms with Gasteiger partial charge >= 0.3 is 12.3 Å². The van der Waals surface area contributed by atoms with Gasteiger partial charge in [-0.2, -0.15) is 0 Å². The largest absolute Gasteiger partial charge is 0.573 e. The highest BCUT2D eigenvalue weighted by molar-refractivity contribution is 5.88. The summed E-state index contributed by atoms with van der Waals surface area (Å²) in [4.78, 5) is 11.3. The summed E-state index contributed by atoms with van der Waals surface area (Å²) >= 11 is 0. The molecule has 0 bridgehead atoms. The van der Waals surface area contributed by atoms with Gasteiger partial charge < -0.3 is 15.6 Å². The fourth-order valence-electron chi connectivity index (χ4n) is 2.33. The fourth-order valence-corrected chi connectivity index (χ4v) is 2.33. The van der Waals surface area contributed by atoms with Crippen LogP contribution in [0.4, 0.5) is 18.9 Å². The molecule has 19 heavy (non-hydrogen) atoms. The summed E-state index contributed by atoms with van der Waals surface area (Å²) in [6.07, 6.45) is -4.47. The van der Waals surface area contributed by atoms with Crippen molar-refractivity contribution < 1.29 is 27.8 Å². The smallest absolute Gasteiger partial charge is 0.481 e. The Hall–Kier alpha value is -1.92. The standard InChI is InChI=1S/C12H12F3NO3/c1-6-5-11(6,10(17)18)8-4-7(2-3-9(8)16)19-12(13,14)15/h2-4,6H,5,16H2,1H3,(H,17,18). The molecule has 1 aliphatic carbocycles. The Morgan fingerprint density at radius 3 is 2.53 bits per heavy atom. The van der Waals surface area contributed by atoms with Crippen molar-refractivity contribution in [2.45, 2.75) is 25.1 Å². The molecule has 2 unspecified atom stereocenters. The zero-order valence-electron chi connectivity index (χ0n) is 9.99. The highest BCUT2D eigenvalue weighted by atomic mass is 19.4. The molecular weight excluding hydrogens is 263 g/mol. The van der Waals surface area contributed by atoms with E-state index < -0.39 is 23.5 Å². The van der Waals surface area contributed by atoms with Gasteiger partial charge in [-0.1, -0.05) is 6.92 Å². The predicted octanol–water partition coefficient (Wildman–Crippen LogP) is 2.53. The quantitative estimate of drug-likeness (QED) is 0.831. The number of nitrogen functional groups attached to an aromatic ring is 1. The minimum Gasteiger partial charge on any atom is -0.481 e. The molecule has 1 fully saturated rings. The fraction of sp³-hybridized carbons (Fsp3) is 0.417. The van der Waals surface area contributed by atoms with Crippen molar-refractivity contribution in [1.82, 2.24) is 0 Å². The summed E-state index contributed by atoms with van der Waals surface area (Å²) < 4.78 is 40.2. The Kier molecular flexibility index (Phi) is 2.87. The van der Waals surface area contributed by atoms with Gasteiger partial charge in [0.2, 0.25) is 0 Å². The zero-order valence-corrected chi connectivity index (χ0v) is 9.99. The van der Waals surface area contributed by atoms with Crippen molar-refractivity contribution >= 4 is 11.7 Å². The molecule has 1 aromatic carbocycles. The molecule has 4 nitrogen and oxygen atoms in total. The Labute approximate surface area is 107 Å². The third-order valence-corrected chi connectivity index (χ3v) is 3.43.